The van der Waals surface area contributed by atoms with E-state index in [0.29, 0.717) is 6.54 Å². The molecule has 0 unspecified atom stereocenters. The Kier molecular flexibility index (Phi) is 5.13. The molecule has 1 atom stereocenters. The lowest BCUT2D eigenvalue weighted by Crippen LogP contribution is -3.07. The second kappa shape index (κ2) is 7.87. The van der Waals surface area contributed by atoms with Crippen LogP contribution in [0.15, 0.2) is 78.9 Å². The molecule has 1 heterocycles. The van der Waals surface area contributed by atoms with Crippen molar-refractivity contribution in [2.75, 3.05) is 20.6 Å². The normalized spacial score (nSPS) is 14.0. The van der Waals surface area contributed by atoms with Crippen LogP contribution in [0.5, 0.6) is 11.5 Å². The van der Waals surface area contributed by atoms with E-state index in [2.05, 4.69) is 31.5 Å². The second-order valence-corrected chi connectivity index (χ2v) is 7.40. The number of nitrogens with one attached hydrogen (secondary N) is 2. The fraction of sp³-hybridized carbons (Fsp3) is 0.208. The average molecular weight is 373 g/mol. The predicted molar refractivity (Wildman–Crippen MR) is 110 cm³/mol. The Morgan fingerprint density at radius 3 is 2.00 bits per heavy atom. The van der Waals surface area contributed by atoms with E-state index >= 15 is 0 Å². The third-order valence-corrected chi connectivity index (χ3v) is 5.32. The summed E-state index contributed by atoms with van der Waals surface area (Å²) in [7, 11) is 4.23. The summed E-state index contributed by atoms with van der Waals surface area (Å²) in [5.41, 5.74) is 3.04. The van der Waals surface area contributed by atoms with Gasteiger partial charge in [0.1, 0.15) is 17.5 Å². The quantitative estimate of drug-likeness (QED) is 0.722. The topological polar surface area (TPSA) is 42.8 Å². The molecule has 28 heavy (non-hydrogen) atoms. The lowest BCUT2D eigenvalue weighted by Gasteiger charge is -2.28. The molecule has 0 radical (unpaired) electrons. The van der Waals surface area contributed by atoms with Crippen molar-refractivity contribution in [3.05, 3.63) is 95.6 Å². The van der Waals surface area contributed by atoms with Gasteiger partial charge in [-0.05, 0) is 12.1 Å². The Bertz CT molecular complexity index is 924. The molecular formula is C24H25N2O2+. The highest BCUT2D eigenvalue weighted by Crippen LogP contribution is 2.43. The maximum absolute atomic E-state index is 13.3. The highest BCUT2D eigenvalue weighted by molar-refractivity contribution is 5.89. The first-order valence-corrected chi connectivity index (χ1v) is 9.63. The van der Waals surface area contributed by atoms with Crippen molar-refractivity contribution in [1.82, 2.24) is 5.32 Å². The molecule has 0 fully saturated rings. The molecule has 0 saturated heterocycles. The van der Waals surface area contributed by atoms with E-state index < -0.39 is 0 Å². The van der Waals surface area contributed by atoms with E-state index in [1.807, 2.05) is 66.7 Å². The summed E-state index contributed by atoms with van der Waals surface area (Å²) in [6.45, 7) is 0.576. The summed E-state index contributed by atoms with van der Waals surface area (Å²) in [5, 5.41) is 3.20. The number of carbonyl (C=O) groups excluding carboxylic acids is 1. The average Bonchev–Trinajstić information content (AvgIpc) is 2.72. The van der Waals surface area contributed by atoms with Crippen LogP contribution in [0.25, 0.3) is 0 Å². The van der Waals surface area contributed by atoms with Crippen molar-refractivity contribution >= 4 is 5.91 Å². The number of benzene rings is 3. The van der Waals surface area contributed by atoms with Gasteiger partial charge < -0.3 is 15.0 Å². The van der Waals surface area contributed by atoms with Crippen LogP contribution in [-0.2, 0) is 4.79 Å². The lowest BCUT2D eigenvalue weighted by atomic mass is 9.87. The summed E-state index contributed by atoms with van der Waals surface area (Å²) < 4.78 is 6.01. The van der Waals surface area contributed by atoms with E-state index in [4.69, 9.17) is 4.74 Å². The predicted octanol–water partition coefficient (Wildman–Crippen LogP) is 2.93. The van der Waals surface area contributed by atoms with Gasteiger partial charge in [0.2, 0.25) is 5.91 Å². The zero-order chi connectivity index (χ0) is 19.5. The maximum atomic E-state index is 13.3. The van der Waals surface area contributed by atoms with E-state index in [9.17, 15) is 4.79 Å². The van der Waals surface area contributed by atoms with E-state index in [-0.39, 0.29) is 17.9 Å². The van der Waals surface area contributed by atoms with Gasteiger partial charge in [0, 0.05) is 16.7 Å². The third kappa shape index (κ3) is 3.51. The molecule has 0 bridgehead atoms. The van der Waals surface area contributed by atoms with Crippen LogP contribution in [0.1, 0.15) is 28.7 Å². The van der Waals surface area contributed by atoms with Gasteiger partial charge in [0.05, 0.1) is 26.6 Å². The molecule has 1 aliphatic rings. The van der Waals surface area contributed by atoms with Gasteiger partial charge in [0.15, 0.2) is 0 Å². The minimum absolute atomic E-state index is 0.00498. The number of quaternary nitrogens is 1. The summed E-state index contributed by atoms with van der Waals surface area (Å²) in [6.07, 6.45) is 0. The number of para-hydroxylation sites is 2. The Morgan fingerprint density at radius 1 is 0.893 bits per heavy atom. The fourth-order valence-electron chi connectivity index (χ4n) is 3.84. The summed E-state index contributed by atoms with van der Waals surface area (Å²) in [6, 6.07) is 26.1. The number of rotatable bonds is 5. The molecule has 0 saturated carbocycles. The number of ether oxygens (including phenoxy) is 1. The lowest BCUT2D eigenvalue weighted by molar-refractivity contribution is -0.890. The Balaban J connectivity index is 1.60. The van der Waals surface area contributed by atoms with E-state index in [1.165, 1.54) is 10.5 Å². The van der Waals surface area contributed by atoms with Gasteiger partial charge >= 0.3 is 0 Å². The molecular weight excluding hydrogens is 348 g/mol. The first-order chi connectivity index (χ1) is 13.6. The minimum Gasteiger partial charge on any atom is -0.457 e. The molecule has 0 spiro atoms. The Morgan fingerprint density at radius 2 is 1.43 bits per heavy atom. The maximum Gasteiger partial charge on any atom is 0.232 e. The molecule has 1 amide bonds. The second-order valence-electron chi connectivity index (χ2n) is 7.40. The molecule has 4 nitrogen and oxygen atoms in total. The molecule has 1 aliphatic heterocycles. The summed E-state index contributed by atoms with van der Waals surface area (Å²) in [5.74, 6) is 1.14. The van der Waals surface area contributed by atoms with Crippen molar-refractivity contribution in [3.63, 3.8) is 0 Å². The van der Waals surface area contributed by atoms with Gasteiger partial charge in [-0.15, -0.1) is 0 Å². The molecule has 3 aromatic carbocycles. The zero-order valence-electron chi connectivity index (χ0n) is 16.2. The SMILES string of the molecule is C[NH+](C)[C@H](CNC(=O)C1c2ccccc2Oc2ccccc21)c1ccccc1. The van der Waals surface area contributed by atoms with Crippen LogP contribution in [0.4, 0.5) is 0 Å². The molecule has 3 aromatic rings. The Labute approximate surface area is 165 Å². The van der Waals surface area contributed by atoms with Crippen LogP contribution in [0, 0.1) is 0 Å². The van der Waals surface area contributed by atoms with Crippen LogP contribution in [0.2, 0.25) is 0 Å². The largest absolute Gasteiger partial charge is 0.457 e. The Hall–Kier alpha value is -3.11. The van der Waals surface area contributed by atoms with Crippen LogP contribution in [-0.4, -0.2) is 26.5 Å². The molecule has 142 valence electrons. The fourth-order valence-corrected chi connectivity index (χ4v) is 3.84. The van der Waals surface area contributed by atoms with Gasteiger partial charge in [-0.25, -0.2) is 0 Å². The summed E-state index contributed by atoms with van der Waals surface area (Å²) in [4.78, 5) is 14.6. The van der Waals surface area contributed by atoms with Gasteiger partial charge in [0.25, 0.3) is 0 Å². The molecule has 2 N–H and O–H groups in total. The van der Waals surface area contributed by atoms with Crippen molar-refractivity contribution in [2.45, 2.75) is 12.0 Å². The van der Waals surface area contributed by atoms with Crippen LogP contribution in [0.3, 0.4) is 0 Å². The highest BCUT2D eigenvalue weighted by atomic mass is 16.5. The van der Waals surface area contributed by atoms with Crippen LogP contribution < -0.4 is 15.0 Å². The van der Waals surface area contributed by atoms with Crippen molar-refractivity contribution in [1.29, 1.82) is 0 Å². The number of amides is 1. The van der Waals surface area contributed by atoms with E-state index in [0.717, 1.165) is 22.6 Å². The number of likely N-dealkylation sites (N-methyl/N-ethyl adjacent to an activating group) is 1. The number of carbonyl (C=O) groups is 1. The number of fused-ring (bicyclic) bond motifs is 2. The van der Waals surface area contributed by atoms with Crippen molar-refractivity contribution in [2.24, 2.45) is 0 Å². The number of hydrogen-bond donors (Lipinski definition) is 2. The van der Waals surface area contributed by atoms with Gasteiger partial charge in [-0.1, -0.05) is 66.7 Å². The van der Waals surface area contributed by atoms with Crippen molar-refractivity contribution in [3.8, 4) is 11.5 Å². The van der Waals surface area contributed by atoms with Crippen LogP contribution >= 0.6 is 0 Å². The van der Waals surface area contributed by atoms with Crippen molar-refractivity contribution < 1.29 is 14.4 Å². The monoisotopic (exact) mass is 373 g/mol. The summed E-state index contributed by atoms with van der Waals surface area (Å²) >= 11 is 0. The zero-order valence-corrected chi connectivity index (χ0v) is 16.2. The van der Waals surface area contributed by atoms with Gasteiger partial charge in [-0.2, -0.15) is 0 Å². The third-order valence-electron chi connectivity index (χ3n) is 5.32. The number of hydrogen-bond acceptors (Lipinski definition) is 2. The smallest absolute Gasteiger partial charge is 0.232 e. The first kappa shape index (κ1) is 18.3. The molecule has 4 heteroatoms. The van der Waals surface area contributed by atoms with E-state index in [1.54, 1.807) is 0 Å². The standard InChI is InChI=1S/C24H24N2O2/c1-26(2)20(17-10-4-3-5-11-17)16-25-24(27)23-18-12-6-8-14-21(18)28-22-15-9-7-13-19(22)23/h3-15,20,23H,16H2,1-2H3,(H,25,27)/p+1/t20-/m1/s1. The minimum atomic E-state index is -0.366. The first-order valence-electron chi connectivity index (χ1n) is 9.63. The van der Waals surface area contributed by atoms with Gasteiger partial charge in [-0.3, -0.25) is 4.79 Å². The molecule has 4 rings (SSSR count). The molecule has 0 aromatic heterocycles. The molecule has 0 aliphatic carbocycles. The highest BCUT2D eigenvalue weighted by Gasteiger charge is 2.33.